The highest BCUT2D eigenvalue weighted by atomic mass is 16.2. The van der Waals surface area contributed by atoms with Crippen molar-refractivity contribution < 1.29 is 4.79 Å². The first kappa shape index (κ1) is 14.6. The van der Waals surface area contributed by atoms with Crippen LogP contribution in [-0.4, -0.2) is 26.9 Å². The second-order valence-corrected chi connectivity index (χ2v) is 6.01. The third-order valence-electron chi connectivity index (χ3n) is 4.39. The number of hydrogen-bond acceptors (Lipinski definition) is 4. The minimum atomic E-state index is -0.297. The van der Waals surface area contributed by atoms with Crippen molar-refractivity contribution in [3.05, 3.63) is 64.4 Å². The topological polar surface area (TPSA) is 68.1 Å². The van der Waals surface area contributed by atoms with E-state index in [0.717, 1.165) is 22.4 Å². The summed E-state index contributed by atoms with van der Waals surface area (Å²) in [6.45, 7) is 1.89. The van der Waals surface area contributed by atoms with Gasteiger partial charge in [0.2, 0.25) is 5.91 Å². The van der Waals surface area contributed by atoms with Crippen LogP contribution in [0.4, 0.5) is 5.69 Å². The van der Waals surface area contributed by atoms with Crippen LogP contribution in [0.15, 0.2) is 53.3 Å². The van der Waals surface area contributed by atoms with Gasteiger partial charge >= 0.3 is 0 Å². The van der Waals surface area contributed by atoms with Crippen molar-refractivity contribution in [2.75, 3.05) is 4.90 Å². The average Bonchev–Trinajstić information content (AvgIpc) is 2.93. The third kappa shape index (κ3) is 2.27. The van der Waals surface area contributed by atoms with Crippen LogP contribution in [0.25, 0.3) is 10.9 Å². The van der Waals surface area contributed by atoms with Gasteiger partial charge in [0.25, 0.3) is 5.56 Å². The van der Waals surface area contributed by atoms with Gasteiger partial charge in [-0.2, -0.15) is 0 Å². The number of carbonyl (C=O) groups excluding carboxylic acids is 1. The van der Waals surface area contributed by atoms with Crippen molar-refractivity contribution in [2.24, 2.45) is 0 Å². The Balaban J connectivity index is 1.68. The molecule has 1 aliphatic rings. The Kier molecular flexibility index (Phi) is 3.37. The Hall–Kier alpha value is -3.02. The Labute approximate surface area is 138 Å². The van der Waals surface area contributed by atoms with Crippen LogP contribution in [0.1, 0.15) is 12.5 Å². The monoisotopic (exact) mass is 320 g/mol. The lowest BCUT2D eigenvalue weighted by Crippen LogP contribution is -2.40. The zero-order chi connectivity index (χ0) is 16.7. The van der Waals surface area contributed by atoms with Gasteiger partial charge in [-0.15, -0.1) is 5.10 Å². The molecule has 0 unspecified atom stereocenters. The fraction of sp³-hybridized carbons (Fsp3) is 0.222. The molecule has 3 aromatic rings. The lowest BCUT2D eigenvalue weighted by molar-refractivity contribution is -0.119. The molecule has 0 aliphatic carbocycles. The van der Waals surface area contributed by atoms with Gasteiger partial charge in [-0.25, -0.2) is 4.68 Å². The number of aromatic nitrogens is 3. The first-order valence-electron chi connectivity index (χ1n) is 7.87. The third-order valence-corrected chi connectivity index (χ3v) is 4.39. The van der Waals surface area contributed by atoms with E-state index in [4.69, 9.17) is 0 Å². The average molecular weight is 320 g/mol. The van der Waals surface area contributed by atoms with Crippen molar-refractivity contribution in [1.29, 1.82) is 0 Å². The van der Waals surface area contributed by atoms with E-state index in [0.29, 0.717) is 10.9 Å². The van der Waals surface area contributed by atoms with E-state index in [1.807, 2.05) is 31.2 Å². The second kappa shape index (κ2) is 5.56. The van der Waals surface area contributed by atoms with Crippen molar-refractivity contribution >= 4 is 22.5 Å². The molecule has 0 saturated heterocycles. The number of amides is 1. The molecule has 4 rings (SSSR count). The predicted molar refractivity (Wildman–Crippen MR) is 90.9 cm³/mol. The van der Waals surface area contributed by atoms with E-state index >= 15 is 0 Å². The highest BCUT2D eigenvalue weighted by Crippen LogP contribution is 2.31. The summed E-state index contributed by atoms with van der Waals surface area (Å²) in [4.78, 5) is 27.0. The summed E-state index contributed by atoms with van der Waals surface area (Å²) >= 11 is 0. The number of carbonyl (C=O) groups is 1. The van der Waals surface area contributed by atoms with Crippen LogP contribution in [0.5, 0.6) is 0 Å². The Morgan fingerprint density at radius 2 is 1.92 bits per heavy atom. The molecule has 1 atom stereocenters. The van der Waals surface area contributed by atoms with E-state index < -0.39 is 0 Å². The zero-order valence-electron chi connectivity index (χ0n) is 13.2. The van der Waals surface area contributed by atoms with Crippen LogP contribution in [0.2, 0.25) is 0 Å². The quantitative estimate of drug-likeness (QED) is 0.722. The van der Waals surface area contributed by atoms with E-state index in [-0.39, 0.29) is 24.1 Å². The molecule has 0 spiro atoms. The predicted octanol–water partition coefficient (Wildman–Crippen LogP) is 1.77. The molecule has 6 nitrogen and oxygen atoms in total. The lowest BCUT2D eigenvalue weighted by atomic mass is 10.1. The maximum absolute atomic E-state index is 12.8. The molecule has 1 aliphatic heterocycles. The number of anilines is 1. The SMILES string of the molecule is C[C@H]1Cc2ccccc2N1C(=O)Cn1nnc2ccccc2c1=O. The molecular weight excluding hydrogens is 304 g/mol. The van der Waals surface area contributed by atoms with Crippen molar-refractivity contribution in [3.8, 4) is 0 Å². The number of benzene rings is 2. The molecule has 1 amide bonds. The molecule has 2 aromatic carbocycles. The summed E-state index contributed by atoms with van der Waals surface area (Å²) in [5.74, 6) is -0.154. The molecule has 2 heterocycles. The molecule has 0 saturated carbocycles. The molecule has 0 bridgehead atoms. The fourth-order valence-corrected chi connectivity index (χ4v) is 3.28. The summed E-state index contributed by atoms with van der Waals surface area (Å²) < 4.78 is 1.14. The Morgan fingerprint density at radius 3 is 2.79 bits per heavy atom. The van der Waals surface area contributed by atoms with Crippen molar-refractivity contribution in [3.63, 3.8) is 0 Å². The summed E-state index contributed by atoms with van der Waals surface area (Å²) in [7, 11) is 0. The Bertz CT molecular complexity index is 995. The second-order valence-electron chi connectivity index (χ2n) is 6.01. The summed E-state index contributed by atoms with van der Waals surface area (Å²) in [6, 6.07) is 14.9. The molecular formula is C18H16N4O2. The van der Waals surface area contributed by atoms with Crippen LogP contribution in [-0.2, 0) is 17.8 Å². The van der Waals surface area contributed by atoms with Crippen LogP contribution in [0, 0.1) is 0 Å². The van der Waals surface area contributed by atoms with Gasteiger partial charge in [-0.05, 0) is 37.1 Å². The highest BCUT2D eigenvalue weighted by molar-refractivity contribution is 5.96. The molecule has 120 valence electrons. The maximum atomic E-state index is 12.8. The van der Waals surface area contributed by atoms with Crippen molar-refractivity contribution in [1.82, 2.24) is 15.0 Å². The van der Waals surface area contributed by atoms with Gasteiger partial charge in [-0.3, -0.25) is 9.59 Å². The summed E-state index contributed by atoms with van der Waals surface area (Å²) in [5, 5.41) is 8.40. The largest absolute Gasteiger partial charge is 0.307 e. The molecule has 1 aromatic heterocycles. The van der Waals surface area contributed by atoms with E-state index in [1.165, 1.54) is 0 Å². The first-order chi connectivity index (χ1) is 11.6. The number of nitrogens with zero attached hydrogens (tertiary/aromatic N) is 4. The number of para-hydroxylation sites is 1. The molecule has 0 fully saturated rings. The molecule has 6 heteroatoms. The number of hydrogen-bond donors (Lipinski definition) is 0. The van der Waals surface area contributed by atoms with E-state index in [9.17, 15) is 9.59 Å². The van der Waals surface area contributed by atoms with Gasteiger partial charge in [0.15, 0.2) is 0 Å². The highest BCUT2D eigenvalue weighted by Gasteiger charge is 2.30. The lowest BCUT2D eigenvalue weighted by Gasteiger charge is -2.22. The molecule has 0 radical (unpaired) electrons. The maximum Gasteiger partial charge on any atom is 0.278 e. The van der Waals surface area contributed by atoms with Crippen LogP contribution >= 0.6 is 0 Å². The van der Waals surface area contributed by atoms with Crippen molar-refractivity contribution in [2.45, 2.75) is 25.9 Å². The normalized spacial score (nSPS) is 16.4. The van der Waals surface area contributed by atoms with Crippen LogP contribution in [0.3, 0.4) is 0 Å². The van der Waals surface area contributed by atoms with E-state index in [2.05, 4.69) is 10.3 Å². The van der Waals surface area contributed by atoms with Gasteiger partial charge in [0.1, 0.15) is 12.1 Å². The number of rotatable bonds is 2. The molecule has 24 heavy (non-hydrogen) atoms. The zero-order valence-corrected chi connectivity index (χ0v) is 13.2. The minimum Gasteiger partial charge on any atom is -0.307 e. The van der Waals surface area contributed by atoms with Crippen LogP contribution < -0.4 is 10.5 Å². The van der Waals surface area contributed by atoms with E-state index in [1.54, 1.807) is 29.2 Å². The summed E-state index contributed by atoms with van der Waals surface area (Å²) in [5.41, 5.74) is 2.30. The fourth-order valence-electron chi connectivity index (χ4n) is 3.28. The Morgan fingerprint density at radius 1 is 1.17 bits per heavy atom. The number of fused-ring (bicyclic) bond motifs is 2. The standard InChI is InChI=1S/C18H16N4O2/c1-12-10-13-6-2-5-9-16(13)22(12)17(23)11-21-18(24)14-7-3-4-8-15(14)19-20-21/h2-9,12H,10-11H2,1H3/t12-/m0/s1. The smallest absolute Gasteiger partial charge is 0.278 e. The first-order valence-corrected chi connectivity index (χ1v) is 7.87. The van der Waals surface area contributed by atoms with Gasteiger partial charge in [0, 0.05) is 11.7 Å². The van der Waals surface area contributed by atoms with Gasteiger partial charge in [0.05, 0.1) is 5.39 Å². The van der Waals surface area contributed by atoms with Gasteiger partial charge < -0.3 is 4.90 Å². The van der Waals surface area contributed by atoms with Gasteiger partial charge in [-0.1, -0.05) is 35.5 Å². The minimum absolute atomic E-state index is 0.0685. The summed E-state index contributed by atoms with van der Waals surface area (Å²) in [6.07, 6.45) is 0.820. The molecule has 0 N–H and O–H groups in total.